The minimum absolute atomic E-state index is 0.0627. The van der Waals surface area contributed by atoms with Crippen molar-refractivity contribution in [1.29, 1.82) is 0 Å². The van der Waals surface area contributed by atoms with Gasteiger partial charge in [0.2, 0.25) is 5.91 Å². The van der Waals surface area contributed by atoms with Crippen LogP contribution in [0.4, 0.5) is 0 Å². The molecule has 1 aromatic rings. The molecule has 0 bridgehead atoms. The molecule has 1 saturated carbocycles. The molecule has 0 heterocycles. The Hall–Kier alpha value is -1.26. The second-order valence-corrected chi connectivity index (χ2v) is 5.83. The average Bonchev–Trinajstić information content (AvgIpc) is 2.85. The monoisotopic (exact) mass is 296 g/mol. The summed E-state index contributed by atoms with van der Waals surface area (Å²) in [6.45, 7) is 2.42. The van der Waals surface area contributed by atoms with Crippen LogP contribution in [0.25, 0.3) is 0 Å². The summed E-state index contributed by atoms with van der Waals surface area (Å²) in [5.41, 5.74) is 5.82. The lowest BCUT2D eigenvalue weighted by atomic mass is 10.1. The minimum atomic E-state index is -0.0878. The first-order valence-corrected chi connectivity index (χ1v) is 7.38. The molecule has 0 radical (unpaired) electrons. The average molecular weight is 297 g/mol. The summed E-state index contributed by atoms with van der Waals surface area (Å²) in [7, 11) is 0. The summed E-state index contributed by atoms with van der Waals surface area (Å²) in [6, 6.07) is 7.37. The molecule has 4 nitrogen and oxygen atoms in total. The van der Waals surface area contributed by atoms with Gasteiger partial charge in [0.25, 0.3) is 0 Å². The van der Waals surface area contributed by atoms with Gasteiger partial charge in [-0.1, -0.05) is 11.6 Å². The van der Waals surface area contributed by atoms with E-state index in [1.165, 1.54) is 0 Å². The number of carbonyl (C=O) groups is 1. The third kappa shape index (κ3) is 4.39. The molecule has 0 saturated heterocycles. The Bertz CT molecular complexity index is 450. The van der Waals surface area contributed by atoms with E-state index >= 15 is 0 Å². The molecule has 0 spiro atoms. The Morgan fingerprint density at radius 2 is 2.15 bits per heavy atom. The summed E-state index contributed by atoms with van der Waals surface area (Å²) >= 11 is 5.81. The Labute approximate surface area is 124 Å². The zero-order valence-electron chi connectivity index (χ0n) is 11.6. The molecule has 0 aliphatic heterocycles. The Morgan fingerprint density at radius 3 is 2.75 bits per heavy atom. The van der Waals surface area contributed by atoms with E-state index < -0.39 is 0 Å². The number of halogens is 1. The number of hydrogen-bond donors (Lipinski definition) is 2. The smallest absolute Gasteiger partial charge is 0.223 e. The van der Waals surface area contributed by atoms with Gasteiger partial charge in [0.15, 0.2) is 0 Å². The van der Waals surface area contributed by atoms with Crippen LogP contribution in [0.15, 0.2) is 24.3 Å². The first-order chi connectivity index (χ1) is 9.54. The van der Waals surface area contributed by atoms with E-state index in [0.29, 0.717) is 11.6 Å². The van der Waals surface area contributed by atoms with E-state index in [-0.39, 0.29) is 24.0 Å². The largest absolute Gasteiger partial charge is 0.489 e. The Balaban J connectivity index is 1.73. The highest BCUT2D eigenvalue weighted by molar-refractivity contribution is 6.30. The third-order valence-electron chi connectivity index (χ3n) is 3.56. The highest BCUT2D eigenvalue weighted by Gasteiger charge is 2.27. The number of benzene rings is 1. The van der Waals surface area contributed by atoms with Crippen LogP contribution in [0.1, 0.15) is 26.2 Å². The number of amides is 1. The van der Waals surface area contributed by atoms with Crippen molar-refractivity contribution in [3.8, 4) is 5.75 Å². The number of rotatable bonds is 5. The molecule has 110 valence electrons. The van der Waals surface area contributed by atoms with Crippen molar-refractivity contribution < 1.29 is 9.53 Å². The van der Waals surface area contributed by atoms with E-state index in [1.807, 2.05) is 19.1 Å². The predicted molar refractivity (Wildman–Crippen MR) is 79.9 cm³/mol. The lowest BCUT2D eigenvalue weighted by molar-refractivity contribution is -0.125. The first kappa shape index (κ1) is 15.1. The molecular weight excluding hydrogens is 276 g/mol. The molecule has 1 aliphatic rings. The summed E-state index contributed by atoms with van der Waals surface area (Å²) in [5.74, 6) is 0.899. The summed E-state index contributed by atoms with van der Waals surface area (Å²) in [5, 5.41) is 3.61. The quantitative estimate of drug-likeness (QED) is 0.876. The SMILES string of the molecule is CC(CNC(=O)C1CCC(N)C1)Oc1ccc(Cl)cc1. The van der Waals surface area contributed by atoms with E-state index in [0.717, 1.165) is 25.0 Å². The maximum absolute atomic E-state index is 12.0. The van der Waals surface area contributed by atoms with Crippen molar-refractivity contribution in [1.82, 2.24) is 5.32 Å². The fourth-order valence-electron chi connectivity index (χ4n) is 2.43. The van der Waals surface area contributed by atoms with Gasteiger partial charge in [-0.2, -0.15) is 0 Å². The molecule has 20 heavy (non-hydrogen) atoms. The van der Waals surface area contributed by atoms with Gasteiger partial charge in [-0.3, -0.25) is 4.79 Å². The molecule has 1 fully saturated rings. The molecule has 3 N–H and O–H groups in total. The standard InChI is InChI=1S/C15H21ClN2O2/c1-10(20-14-6-3-12(16)4-7-14)9-18-15(19)11-2-5-13(17)8-11/h3-4,6-7,10-11,13H,2,5,8-9,17H2,1H3,(H,18,19). The topological polar surface area (TPSA) is 64.4 Å². The van der Waals surface area contributed by atoms with E-state index in [4.69, 9.17) is 22.1 Å². The van der Waals surface area contributed by atoms with Crippen molar-refractivity contribution in [2.45, 2.75) is 38.3 Å². The summed E-state index contributed by atoms with van der Waals surface area (Å²) in [4.78, 5) is 12.0. The Morgan fingerprint density at radius 1 is 1.45 bits per heavy atom. The second kappa shape index (κ2) is 6.95. The molecule has 5 heteroatoms. The number of ether oxygens (including phenoxy) is 1. The normalized spacial score (nSPS) is 23.4. The minimum Gasteiger partial charge on any atom is -0.489 e. The van der Waals surface area contributed by atoms with E-state index in [2.05, 4.69) is 5.32 Å². The maximum atomic E-state index is 12.0. The van der Waals surface area contributed by atoms with Gasteiger partial charge in [-0.05, 0) is 50.5 Å². The van der Waals surface area contributed by atoms with Crippen LogP contribution < -0.4 is 15.8 Å². The molecular formula is C15H21ClN2O2. The van der Waals surface area contributed by atoms with Crippen molar-refractivity contribution in [3.05, 3.63) is 29.3 Å². The lowest BCUT2D eigenvalue weighted by Gasteiger charge is -2.17. The molecule has 0 aromatic heterocycles. The zero-order valence-corrected chi connectivity index (χ0v) is 12.4. The molecule has 3 atom stereocenters. The van der Waals surface area contributed by atoms with E-state index in [9.17, 15) is 4.79 Å². The van der Waals surface area contributed by atoms with E-state index in [1.54, 1.807) is 12.1 Å². The fraction of sp³-hybridized carbons (Fsp3) is 0.533. The molecule has 3 unspecified atom stereocenters. The highest BCUT2D eigenvalue weighted by Crippen LogP contribution is 2.24. The van der Waals surface area contributed by atoms with Crippen LogP contribution >= 0.6 is 11.6 Å². The Kier molecular flexibility index (Phi) is 5.26. The highest BCUT2D eigenvalue weighted by atomic mass is 35.5. The van der Waals surface area contributed by atoms with Crippen molar-refractivity contribution in [2.24, 2.45) is 11.7 Å². The summed E-state index contributed by atoms with van der Waals surface area (Å²) in [6.07, 6.45) is 2.53. The van der Waals surface area contributed by atoms with Gasteiger partial charge in [0, 0.05) is 17.0 Å². The summed E-state index contributed by atoms with van der Waals surface area (Å²) < 4.78 is 5.71. The number of nitrogens with two attached hydrogens (primary N) is 1. The van der Waals surface area contributed by atoms with Gasteiger partial charge in [-0.25, -0.2) is 0 Å². The molecule has 2 rings (SSSR count). The van der Waals surface area contributed by atoms with Crippen LogP contribution in [0.5, 0.6) is 5.75 Å². The first-order valence-electron chi connectivity index (χ1n) is 7.00. The lowest BCUT2D eigenvalue weighted by Crippen LogP contribution is -2.37. The third-order valence-corrected chi connectivity index (χ3v) is 3.81. The predicted octanol–water partition coefficient (Wildman–Crippen LogP) is 2.35. The van der Waals surface area contributed by atoms with Gasteiger partial charge in [0.05, 0.1) is 6.54 Å². The van der Waals surface area contributed by atoms with Gasteiger partial charge in [0.1, 0.15) is 11.9 Å². The van der Waals surface area contributed by atoms with Crippen LogP contribution in [0, 0.1) is 5.92 Å². The van der Waals surface area contributed by atoms with Crippen LogP contribution in [0.2, 0.25) is 5.02 Å². The van der Waals surface area contributed by atoms with Crippen molar-refractivity contribution in [2.75, 3.05) is 6.54 Å². The second-order valence-electron chi connectivity index (χ2n) is 5.40. The van der Waals surface area contributed by atoms with Crippen molar-refractivity contribution in [3.63, 3.8) is 0 Å². The van der Waals surface area contributed by atoms with Gasteiger partial charge >= 0.3 is 0 Å². The molecule has 1 amide bonds. The maximum Gasteiger partial charge on any atom is 0.223 e. The number of carbonyl (C=O) groups excluding carboxylic acids is 1. The fourth-order valence-corrected chi connectivity index (χ4v) is 2.56. The van der Waals surface area contributed by atoms with Crippen molar-refractivity contribution >= 4 is 17.5 Å². The van der Waals surface area contributed by atoms with Crippen LogP contribution in [0.3, 0.4) is 0 Å². The molecule has 1 aliphatic carbocycles. The van der Waals surface area contributed by atoms with Crippen LogP contribution in [-0.2, 0) is 4.79 Å². The van der Waals surface area contributed by atoms with Gasteiger partial charge in [-0.15, -0.1) is 0 Å². The molecule has 1 aromatic carbocycles. The van der Waals surface area contributed by atoms with Gasteiger partial charge < -0.3 is 15.8 Å². The number of hydrogen-bond acceptors (Lipinski definition) is 3. The number of nitrogens with one attached hydrogen (secondary N) is 1. The van der Waals surface area contributed by atoms with Crippen LogP contribution in [-0.4, -0.2) is 24.6 Å². The zero-order chi connectivity index (χ0) is 14.5.